The molecule has 2 aromatic heterocycles. The van der Waals surface area contributed by atoms with Crippen LogP contribution in [0.2, 0.25) is 0 Å². The molecule has 1 atom stereocenters. The Morgan fingerprint density at radius 2 is 2.25 bits per heavy atom. The quantitative estimate of drug-likeness (QED) is 0.889. The van der Waals surface area contributed by atoms with E-state index < -0.39 is 10.0 Å². The van der Waals surface area contributed by atoms with Crippen LogP contribution < -0.4 is 9.46 Å². The largest absolute Gasteiger partial charge is 0.494 e. The van der Waals surface area contributed by atoms with Crippen molar-refractivity contribution in [2.24, 2.45) is 0 Å². The monoisotopic (exact) mass is 315 g/mol. The normalized spacial score (nSPS) is 13.2. The molecule has 2 rings (SSSR count). The third-order valence-electron chi connectivity index (χ3n) is 2.98. The van der Waals surface area contributed by atoms with Gasteiger partial charge >= 0.3 is 0 Å². The Hall–Kier alpha value is -1.54. The van der Waals surface area contributed by atoms with Gasteiger partial charge in [-0.1, -0.05) is 6.92 Å². The molecule has 0 spiro atoms. The van der Waals surface area contributed by atoms with Gasteiger partial charge in [0.2, 0.25) is 0 Å². The number of ether oxygens (including phenoxy) is 1. The molecule has 6 nitrogen and oxygen atoms in total. The lowest BCUT2D eigenvalue weighted by Crippen LogP contribution is -2.17. The molecule has 110 valence electrons. The highest BCUT2D eigenvalue weighted by molar-refractivity contribution is 7.94. The van der Waals surface area contributed by atoms with E-state index in [9.17, 15) is 8.42 Å². The second kappa shape index (κ2) is 5.84. The van der Waals surface area contributed by atoms with Crippen molar-refractivity contribution in [3.63, 3.8) is 0 Å². The average molecular weight is 315 g/mol. The maximum absolute atomic E-state index is 12.4. The second-order valence-electron chi connectivity index (χ2n) is 4.30. The molecule has 0 aliphatic rings. The van der Waals surface area contributed by atoms with Crippen LogP contribution in [0.25, 0.3) is 0 Å². The molecule has 0 unspecified atom stereocenters. The molecule has 0 amide bonds. The van der Waals surface area contributed by atoms with Crippen molar-refractivity contribution >= 4 is 27.2 Å². The smallest absolute Gasteiger partial charge is 0.276 e. The molecule has 0 bridgehead atoms. The summed E-state index contributed by atoms with van der Waals surface area (Å²) >= 11 is 1.12. The summed E-state index contributed by atoms with van der Waals surface area (Å²) in [6.45, 7) is 4.00. The Morgan fingerprint density at radius 1 is 1.50 bits per heavy atom. The zero-order valence-corrected chi connectivity index (χ0v) is 13.2. The lowest BCUT2D eigenvalue weighted by Gasteiger charge is -2.14. The predicted molar refractivity (Wildman–Crippen MR) is 78.9 cm³/mol. The summed E-state index contributed by atoms with van der Waals surface area (Å²) < 4.78 is 34.2. The Morgan fingerprint density at radius 3 is 2.90 bits per heavy atom. The van der Waals surface area contributed by atoms with Crippen LogP contribution in [-0.4, -0.2) is 25.3 Å². The highest BCUT2D eigenvalue weighted by atomic mass is 32.2. The molecular weight excluding hydrogens is 298 g/mol. The SMILES string of the molecule is CC[C@H](C)n1nccc1NS(=O)(=O)c1sccc1OC. The van der Waals surface area contributed by atoms with Crippen LogP contribution in [-0.2, 0) is 10.0 Å². The number of hydrogen-bond donors (Lipinski definition) is 1. The first-order valence-corrected chi connectivity index (χ1v) is 8.53. The summed E-state index contributed by atoms with van der Waals surface area (Å²) in [4.78, 5) is 0. The van der Waals surface area contributed by atoms with E-state index in [-0.39, 0.29) is 10.3 Å². The van der Waals surface area contributed by atoms with Crippen LogP contribution in [0.1, 0.15) is 26.3 Å². The van der Waals surface area contributed by atoms with Gasteiger partial charge in [-0.2, -0.15) is 5.10 Å². The molecule has 2 heterocycles. The molecule has 0 saturated heterocycles. The fraction of sp³-hybridized carbons (Fsp3) is 0.417. The van der Waals surface area contributed by atoms with Gasteiger partial charge < -0.3 is 4.74 Å². The van der Waals surface area contributed by atoms with Crippen LogP contribution in [0.3, 0.4) is 0 Å². The van der Waals surface area contributed by atoms with E-state index >= 15 is 0 Å². The Bertz CT molecular complexity index is 676. The number of rotatable bonds is 6. The van der Waals surface area contributed by atoms with Crippen molar-refractivity contribution in [3.8, 4) is 5.75 Å². The van der Waals surface area contributed by atoms with Gasteiger partial charge in [-0.25, -0.2) is 13.1 Å². The van der Waals surface area contributed by atoms with E-state index in [1.807, 2.05) is 13.8 Å². The van der Waals surface area contributed by atoms with Crippen LogP contribution in [0.4, 0.5) is 5.82 Å². The second-order valence-corrected chi connectivity index (χ2v) is 7.09. The molecule has 0 saturated carbocycles. The average Bonchev–Trinajstić information content (AvgIpc) is 3.05. The van der Waals surface area contributed by atoms with E-state index in [0.717, 1.165) is 17.8 Å². The highest BCUT2D eigenvalue weighted by Gasteiger charge is 2.23. The van der Waals surface area contributed by atoms with Crippen molar-refractivity contribution in [3.05, 3.63) is 23.7 Å². The lowest BCUT2D eigenvalue weighted by atomic mass is 10.3. The van der Waals surface area contributed by atoms with Gasteiger partial charge in [0.25, 0.3) is 10.0 Å². The van der Waals surface area contributed by atoms with Crippen LogP contribution in [0.5, 0.6) is 5.75 Å². The zero-order valence-electron chi connectivity index (χ0n) is 11.5. The van der Waals surface area contributed by atoms with Crippen LogP contribution in [0.15, 0.2) is 27.9 Å². The highest BCUT2D eigenvalue weighted by Crippen LogP contribution is 2.31. The van der Waals surface area contributed by atoms with Crippen molar-refractivity contribution < 1.29 is 13.2 Å². The van der Waals surface area contributed by atoms with Crippen molar-refractivity contribution in [1.29, 1.82) is 0 Å². The summed E-state index contributed by atoms with van der Waals surface area (Å²) in [6.07, 6.45) is 2.44. The molecule has 0 fully saturated rings. The van der Waals surface area contributed by atoms with Crippen molar-refractivity contribution in [2.45, 2.75) is 30.5 Å². The number of nitrogens with zero attached hydrogens (tertiary/aromatic N) is 2. The first-order valence-electron chi connectivity index (χ1n) is 6.17. The topological polar surface area (TPSA) is 73.2 Å². The standard InChI is InChI=1S/C12H17N3O3S2/c1-4-9(2)15-11(5-7-13-15)14-20(16,17)12-10(18-3)6-8-19-12/h5-9,14H,4H2,1-3H3/t9-/m0/s1. The lowest BCUT2D eigenvalue weighted by molar-refractivity contribution is 0.406. The number of hydrogen-bond acceptors (Lipinski definition) is 5. The van der Waals surface area contributed by atoms with Crippen molar-refractivity contribution in [1.82, 2.24) is 9.78 Å². The number of aromatic nitrogens is 2. The molecule has 0 aliphatic heterocycles. The van der Waals surface area contributed by atoms with Gasteiger partial charge in [-0.15, -0.1) is 11.3 Å². The van der Waals surface area contributed by atoms with Gasteiger partial charge in [0.1, 0.15) is 11.6 Å². The minimum atomic E-state index is -3.66. The summed E-state index contributed by atoms with van der Waals surface area (Å²) in [5.74, 6) is 0.798. The number of thiophene rings is 1. The number of methoxy groups -OCH3 is 1. The Balaban J connectivity index is 2.32. The third-order valence-corrected chi connectivity index (χ3v) is 5.78. The van der Waals surface area contributed by atoms with Gasteiger partial charge in [0, 0.05) is 6.07 Å². The first kappa shape index (κ1) is 14.9. The van der Waals surface area contributed by atoms with Gasteiger partial charge in [0.15, 0.2) is 4.21 Å². The molecule has 0 aliphatic carbocycles. The first-order chi connectivity index (χ1) is 9.49. The number of anilines is 1. The fourth-order valence-corrected chi connectivity index (χ4v) is 4.06. The van der Waals surface area contributed by atoms with Crippen LogP contribution in [0, 0.1) is 0 Å². The van der Waals surface area contributed by atoms with E-state index in [4.69, 9.17) is 4.74 Å². The van der Waals surface area contributed by atoms with Gasteiger partial charge in [-0.3, -0.25) is 4.72 Å². The predicted octanol–water partition coefficient (Wildman–Crippen LogP) is 2.73. The molecule has 1 N–H and O–H groups in total. The van der Waals surface area contributed by atoms with E-state index in [2.05, 4.69) is 9.82 Å². The van der Waals surface area contributed by atoms with E-state index in [1.165, 1.54) is 7.11 Å². The summed E-state index contributed by atoms with van der Waals surface area (Å²) in [7, 11) is -2.22. The van der Waals surface area contributed by atoms with Gasteiger partial charge in [0.05, 0.1) is 19.3 Å². The molecular formula is C12H17N3O3S2. The molecule has 8 heteroatoms. The number of nitrogens with one attached hydrogen (secondary N) is 1. The Labute approximate surface area is 122 Å². The maximum atomic E-state index is 12.4. The third kappa shape index (κ3) is 2.80. The minimum absolute atomic E-state index is 0.118. The molecule has 0 aromatic carbocycles. The molecule has 0 radical (unpaired) electrons. The minimum Gasteiger partial charge on any atom is -0.494 e. The van der Waals surface area contributed by atoms with E-state index in [1.54, 1.807) is 28.4 Å². The number of sulfonamides is 1. The van der Waals surface area contributed by atoms with Crippen LogP contribution >= 0.6 is 11.3 Å². The molecule has 2 aromatic rings. The summed E-state index contributed by atoms with van der Waals surface area (Å²) in [6, 6.07) is 3.39. The Kier molecular flexibility index (Phi) is 4.34. The fourth-order valence-electron chi connectivity index (χ4n) is 1.73. The van der Waals surface area contributed by atoms with E-state index in [0.29, 0.717) is 11.6 Å². The van der Waals surface area contributed by atoms with Gasteiger partial charge in [-0.05, 0) is 24.8 Å². The van der Waals surface area contributed by atoms with Crippen molar-refractivity contribution in [2.75, 3.05) is 11.8 Å². The summed E-state index contributed by atoms with van der Waals surface area (Å²) in [5, 5.41) is 5.84. The summed E-state index contributed by atoms with van der Waals surface area (Å²) in [5.41, 5.74) is 0. The zero-order chi connectivity index (χ0) is 14.8. The molecule has 20 heavy (non-hydrogen) atoms. The maximum Gasteiger partial charge on any atom is 0.276 e.